The average molecular weight is 428 g/mol. The monoisotopic (exact) mass is 428 g/mol. The zero-order valence-electron chi connectivity index (χ0n) is 17.8. The molecule has 0 radical (unpaired) electrons. The minimum absolute atomic E-state index is 0.163. The summed E-state index contributed by atoms with van der Waals surface area (Å²) in [7, 11) is 0. The van der Waals surface area contributed by atoms with Gasteiger partial charge in [-0.1, -0.05) is 18.2 Å². The van der Waals surface area contributed by atoms with Crippen LogP contribution in [0.25, 0.3) is 0 Å². The second-order valence-electron chi connectivity index (χ2n) is 8.13. The molecule has 1 saturated heterocycles. The van der Waals surface area contributed by atoms with Crippen molar-refractivity contribution in [2.24, 2.45) is 0 Å². The van der Waals surface area contributed by atoms with Crippen molar-refractivity contribution in [3.63, 3.8) is 0 Å². The number of ether oxygens (including phenoxy) is 2. The van der Waals surface area contributed by atoms with Crippen LogP contribution < -0.4 is 0 Å². The maximum Gasteiger partial charge on any atom is 0.330 e. The van der Waals surface area contributed by atoms with E-state index in [1.54, 1.807) is 39.8 Å². The fourth-order valence-electron chi connectivity index (χ4n) is 3.55. The molecular weight excluding hydrogens is 404 g/mol. The van der Waals surface area contributed by atoms with Crippen molar-refractivity contribution >= 4 is 29.7 Å². The third kappa shape index (κ3) is 4.35. The molecule has 3 amide bonds. The molecule has 1 aromatic rings. The zero-order chi connectivity index (χ0) is 22.9. The number of carbonyl (C=O) groups is 5. The van der Waals surface area contributed by atoms with E-state index in [4.69, 9.17) is 9.47 Å². The molecule has 2 heterocycles. The van der Waals surface area contributed by atoms with Gasteiger partial charge < -0.3 is 14.4 Å². The van der Waals surface area contributed by atoms with E-state index < -0.39 is 47.3 Å². The number of hydrogen-bond acceptors (Lipinski definition) is 7. The highest BCUT2D eigenvalue weighted by molar-refractivity contribution is 6.23. The molecule has 0 spiro atoms. The fourth-order valence-corrected chi connectivity index (χ4v) is 3.55. The standard InChI is InChI=1S/C22H24N2O7/c1-5-30-16(25)11-10-15-18(21(29)23(15)12-17(26)31-22(2,3)4)24-19(27)13-8-6-7-9-14(13)20(24)28/h6-11,15,18H,5,12H2,1-4H3/b11-10+/t15-,18+/m1/s1. The Bertz CT molecular complexity index is 941. The lowest BCUT2D eigenvalue weighted by atomic mass is 9.92. The number of imide groups is 1. The number of esters is 2. The molecule has 0 saturated carbocycles. The van der Waals surface area contributed by atoms with E-state index in [1.165, 1.54) is 18.2 Å². The Morgan fingerprint density at radius 1 is 1.06 bits per heavy atom. The summed E-state index contributed by atoms with van der Waals surface area (Å²) < 4.78 is 10.1. The number of rotatable bonds is 6. The predicted octanol–water partition coefficient (Wildman–Crippen LogP) is 1.32. The van der Waals surface area contributed by atoms with Crippen LogP contribution in [0.1, 0.15) is 48.4 Å². The van der Waals surface area contributed by atoms with Gasteiger partial charge in [0.25, 0.3) is 11.8 Å². The van der Waals surface area contributed by atoms with E-state index in [1.807, 2.05) is 0 Å². The number of carbonyl (C=O) groups excluding carboxylic acids is 5. The largest absolute Gasteiger partial charge is 0.463 e. The third-order valence-corrected chi connectivity index (χ3v) is 4.76. The van der Waals surface area contributed by atoms with Gasteiger partial charge >= 0.3 is 11.9 Å². The first-order chi connectivity index (χ1) is 14.5. The molecule has 0 bridgehead atoms. The summed E-state index contributed by atoms with van der Waals surface area (Å²) >= 11 is 0. The van der Waals surface area contributed by atoms with E-state index in [2.05, 4.69) is 0 Å². The highest BCUT2D eigenvalue weighted by Gasteiger charge is 2.55. The molecule has 0 aliphatic carbocycles. The second-order valence-corrected chi connectivity index (χ2v) is 8.13. The van der Waals surface area contributed by atoms with Crippen molar-refractivity contribution in [2.75, 3.05) is 13.2 Å². The van der Waals surface area contributed by atoms with Crippen molar-refractivity contribution in [1.29, 1.82) is 0 Å². The molecule has 1 fully saturated rings. The SMILES string of the molecule is CCOC(=O)/C=C/[C@@H]1[C@H](N2C(=O)c3ccccc3C2=O)C(=O)N1CC(=O)OC(C)(C)C. The van der Waals surface area contributed by atoms with E-state index in [0.29, 0.717) is 0 Å². The van der Waals surface area contributed by atoms with Crippen LogP contribution in [0.4, 0.5) is 0 Å². The predicted molar refractivity (Wildman–Crippen MR) is 108 cm³/mol. The van der Waals surface area contributed by atoms with E-state index in [-0.39, 0.29) is 24.3 Å². The van der Waals surface area contributed by atoms with Crippen LogP contribution in [0.5, 0.6) is 0 Å². The maximum atomic E-state index is 12.9. The molecule has 3 rings (SSSR count). The summed E-state index contributed by atoms with van der Waals surface area (Å²) in [6, 6.07) is 4.25. The number of β-lactam (4-membered cyclic amide) rings is 1. The van der Waals surface area contributed by atoms with Gasteiger partial charge in [-0.25, -0.2) is 4.79 Å². The molecular formula is C22H24N2O7. The zero-order valence-corrected chi connectivity index (χ0v) is 17.8. The van der Waals surface area contributed by atoms with Crippen LogP contribution >= 0.6 is 0 Å². The first-order valence-corrected chi connectivity index (χ1v) is 9.89. The summed E-state index contributed by atoms with van der Waals surface area (Å²) in [5.74, 6) is -3.05. The van der Waals surface area contributed by atoms with Crippen molar-refractivity contribution in [3.8, 4) is 0 Å². The number of fused-ring (bicyclic) bond motifs is 1. The van der Waals surface area contributed by atoms with E-state index >= 15 is 0 Å². The topological polar surface area (TPSA) is 110 Å². The molecule has 9 heteroatoms. The Morgan fingerprint density at radius 2 is 1.65 bits per heavy atom. The maximum absolute atomic E-state index is 12.9. The number of hydrogen-bond donors (Lipinski definition) is 0. The van der Waals surface area contributed by atoms with Gasteiger partial charge in [0.1, 0.15) is 18.2 Å². The number of amides is 3. The lowest BCUT2D eigenvalue weighted by Gasteiger charge is -2.48. The number of benzene rings is 1. The smallest absolute Gasteiger partial charge is 0.330 e. The number of nitrogens with zero attached hydrogens (tertiary/aromatic N) is 2. The quantitative estimate of drug-likeness (QED) is 0.291. The third-order valence-electron chi connectivity index (χ3n) is 4.76. The van der Waals surface area contributed by atoms with Crippen molar-refractivity contribution in [3.05, 3.63) is 47.5 Å². The average Bonchev–Trinajstić information content (AvgIpc) is 2.93. The minimum Gasteiger partial charge on any atom is -0.463 e. The van der Waals surface area contributed by atoms with Crippen LogP contribution in [0.15, 0.2) is 36.4 Å². The summed E-state index contributed by atoms with van der Waals surface area (Å²) in [5.41, 5.74) is -0.332. The molecule has 2 aliphatic heterocycles. The van der Waals surface area contributed by atoms with Crippen LogP contribution in [0.2, 0.25) is 0 Å². The van der Waals surface area contributed by atoms with Gasteiger partial charge in [-0.2, -0.15) is 0 Å². The molecule has 2 atom stereocenters. The Morgan fingerprint density at radius 3 is 2.16 bits per heavy atom. The Kier molecular flexibility index (Phi) is 5.97. The van der Waals surface area contributed by atoms with Gasteiger partial charge in [-0.05, 0) is 39.8 Å². The molecule has 31 heavy (non-hydrogen) atoms. The van der Waals surface area contributed by atoms with Crippen LogP contribution in [-0.2, 0) is 23.9 Å². The lowest BCUT2D eigenvalue weighted by molar-refractivity contribution is -0.167. The van der Waals surface area contributed by atoms with Crippen LogP contribution in [-0.4, -0.2) is 70.3 Å². The Hall–Kier alpha value is -3.49. The van der Waals surface area contributed by atoms with Crippen molar-refractivity contribution < 1.29 is 33.4 Å². The molecule has 1 aromatic carbocycles. The number of likely N-dealkylation sites (tertiary alicyclic amines) is 1. The second kappa shape index (κ2) is 8.33. The Balaban J connectivity index is 1.86. The van der Waals surface area contributed by atoms with Gasteiger partial charge in [0.2, 0.25) is 5.91 Å². The van der Waals surface area contributed by atoms with Gasteiger partial charge in [0.05, 0.1) is 23.8 Å². The summed E-state index contributed by atoms with van der Waals surface area (Å²) in [4.78, 5) is 64.6. The molecule has 0 N–H and O–H groups in total. The van der Waals surface area contributed by atoms with Crippen LogP contribution in [0, 0.1) is 0 Å². The van der Waals surface area contributed by atoms with E-state index in [0.717, 1.165) is 15.9 Å². The highest BCUT2D eigenvalue weighted by atomic mass is 16.6. The van der Waals surface area contributed by atoms with E-state index in [9.17, 15) is 24.0 Å². The molecule has 2 aliphatic rings. The lowest BCUT2D eigenvalue weighted by Crippen LogP contribution is -2.71. The van der Waals surface area contributed by atoms with Crippen LogP contribution in [0.3, 0.4) is 0 Å². The first-order valence-electron chi connectivity index (χ1n) is 9.89. The Labute approximate surface area is 179 Å². The minimum atomic E-state index is -1.17. The molecule has 164 valence electrons. The van der Waals surface area contributed by atoms with Crippen molar-refractivity contribution in [2.45, 2.75) is 45.4 Å². The fraction of sp³-hybridized carbons (Fsp3) is 0.409. The summed E-state index contributed by atoms with van der Waals surface area (Å²) in [6.07, 6.45) is 2.48. The molecule has 0 aromatic heterocycles. The van der Waals surface area contributed by atoms with Crippen molar-refractivity contribution in [1.82, 2.24) is 9.80 Å². The highest BCUT2D eigenvalue weighted by Crippen LogP contribution is 2.33. The summed E-state index contributed by atoms with van der Waals surface area (Å²) in [5, 5.41) is 0. The van der Waals surface area contributed by atoms with Gasteiger partial charge in [-0.3, -0.25) is 24.1 Å². The van der Waals surface area contributed by atoms with Gasteiger partial charge in [-0.15, -0.1) is 0 Å². The summed E-state index contributed by atoms with van der Waals surface area (Å²) in [6.45, 7) is 6.52. The molecule has 9 nitrogen and oxygen atoms in total. The van der Waals surface area contributed by atoms with Gasteiger partial charge in [0, 0.05) is 6.08 Å². The van der Waals surface area contributed by atoms with Gasteiger partial charge in [0.15, 0.2) is 0 Å². The first kappa shape index (κ1) is 22.2. The molecule has 0 unspecified atom stereocenters. The normalized spacial score (nSPS) is 20.7.